The van der Waals surface area contributed by atoms with Gasteiger partial charge in [-0.05, 0) is 72.4 Å². The van der Waals surface area contributed by atoms with Crippen LogP contribution in [0.15, 0.2) is 0 Å². The topological polar surface area (TPSA) is 56.3 Å². The molecule has 0 atom stereocenters. The fourth-order valence-electron chi connectivity index (χ4n) is 5.51. The second-order valence-corrected chi connectivity index (χ2v) is 12.8. The average molecular weight is 525 g/mol. The van der Waals surface area contributed by atoms with Gasteiger partial charge in [0, 0.05) is 49.3 Å². The summed E-state index contributed by atoms with van der Waals surface area (Å²) in [5.74, 6) is 0.446. The van der Waals surface area contributed by atoms with Crippen molar-refractivity contribution in [3.8, 4) is 0 Å². The third-order valence-corrected chi connectivity index (χ3v) is 7.63. The lowest BCUT2D eigenvalue weighted by Gasteiger charge is -2.42. The predicted molar refractivity (Wildman–Crippen MR) is 155 cm³/mol. The Morgan fingerprint density at radius 2 is 1.16 bits per heavy atom. The van der Waals surface area contributed by atoms with Crippen LogP contribution in [-0.2, 0) is 14.3 Å². The van der Waals surface area contributed by atoms with Crippen LogP contribution >= 0.6 is 0 Å². The number of hydrogen-bond acceptors (Lipinski definition) is 5. The molecule has 0 saturated carbocycles. The van der Waals surface area contributed by atoms with Crippen molar-refractivity contribution in [2.24, 2.45) is 10.8 Å². The Labute approximate surface area is 229 Å². The Morgan fingerprint density at radius 1 is 0.784 bits per heavy atom. The lowest BCUT2D eigenvalue weighted by Crippen LogP contribution is -2.51. The largest absolute Gasteiger partial charge is 0.380 e. The maximum Gasteiger partial charge on any atom is 0.222 e. The summed E-state index contributed by atoms with van der Waals surface area (Å²) in [6, 6.07) is 0.659. The van der Waals surface area contributed by atoms with Crippen molar-refractivity contribution in [2.45, 2.75) is 106 Å². The van der Waals surface area contributed by atoms with Crippen molar-refractivity contribution in [3.63, 3.8) is 0 Å². The Morgan fingerprint density at radius 3 is 1.54 bits per heavy atom. The monoisotopic (exact) mass is 524 g/mol. The highest BCUT2D eigenvalue weighted by molar-refractivity contribution is 5.76. The molecule has 0 spiro atoms. The van der Waals surface area contributed by atoms with E-state index in [1.165, 1.54) is 0 Å². The minimum atomic E-state index is -0.128. The van der Waals surface area contributed by atoms with E-state index >= 15 is 0 Å². The summed E-state index contributed by atoms with van der Waals surface area (Å²) in [7, 11) is 4.31. The zero-order valence-electron chi connectivity index (χ0n) is 26.1. The third-order valence-electron chi connectivity index (χ3n) is 7.63. The molecule has 0 aromatic carbocycles. The van der Waals surface area contributed by atoms with E-state index in [-0.39, 0.29) is 22.6 Å². The van der Waals surface area contributed by atoms with E-state index in [9.17, 15) is 9.59 Å². The number of piperidine rings is 2. The van der Waals surface area contributed by atoms with Crippen LogP contribution in [0.5, 0.6) is 0 Å². The Kier molecular flexibility index (Phi) is 14.7. The van der Waals surface area contributed by atoms with Crippen LogP contribution in [0.2, 0.25) is 0 Å². The summed E-state index contributed by atoms with van der Waals surface area (Å²) in [4.78, 5) is 34.4. The molecule has 7 nitrogen and oxygen atoms in total. The van der Waals surface area contributed by atoms with Gasteiger partial charge in [-0.2, -0.15) is 0 Å². The lowest BCUT2D eigenvalue weighted by molar-refractivity contribution is -0.137. The molecule has 2 rings (SSSR count). The fraction of sp³-hybridized carbons (Fsp3) is 0.933. The van der Waals surface area contributed by atoms with Gasteiger partial charge in [-0.3, -0.25) is 9.59 Å². The van der Waals surface area contributed by atoms with Crippen LogP contribution in [-0.4, -0.2) is 110 Å². The summed E-state index contributed by atoms with van der Waals surface area (Å²) < 4.78 is 6.30. The molecule has 2 aliphatic rings. The van der Waals surface area contributed by atoms with Gasteiger partial charge in [0.2, 0.25) is 11.8 Å². The van der Waals surface area contributed by atoms with E-state index in [0.717, 1.165) is 64.8 Å². The van der Waals surface area contributed by atoms with E-state index in [0.29, 0.717) is 38.3 Å². The van der Waals surface area contributed by atoms with Crippen molar-refractivity contribution >= 4 is 11.8 Å². The quantitative estimate of drug-likeness (QED) is 0.369. The van der Waals surface area contributed by atoms with Crippen LogP contribution in [0, 0.1) is 10.8 Å². The molecule has 7 heteroatoms. The molecule has 0 N–H and O–H groups in total. The van der Waals surface area contributed by atoms with Gasteiger partial charge in [0.05, 0.1) is 13.2 Å². The number of hydrogen-bond donors (Lipinski definition) is 0. The molecular weight excluding hydrogens is 464 g/mol. The molecule has 0 aromatic rings. The van der Waals surface area contributed by atoms with Crippen molar-refractivity contribution < 1.29 is 14.3 Å². The van der Waals surface area contributed by atoms with Gasteiger partial charge >= 0.3 is 0 Å². The van der Waals surface area contributed by atoms with Crippen molar-refractivity contribution in [1.82, 2.24) is 19.6 Å². The fourth-order valence-corrected chi connectivity index (χ4v) is 5.51. The van der Waals surface area contributed by atoms with Crippen molar-refractivity contribution in [3.05, 3.63) is 0 Å². The number of nitrogens with zero attached hydrogens (tertiary/aromatic N) is 4. The maximum atomic E-state index is 13.0. The van der Waals surface area contributed by atoms with Crippen molar-refractivity contribution in [2.75, 3.05) is 66.6 Å². The molecular formula is C30H60N4O3. The van der Waals surface area contributed by atoms with Crippen LogP contribution < -0.4 is 0 Å². The molecule has 2 heterocycles. The smallest absolute Gasteiger partial charge is 0.222 e. The second-order valence-electron chi connectivity index (χ2n) is 12.8. The summed E-state index contributed by atoms with van der Waals surface area (Å²) in [5, 5.41) is 0. The van der Waals surface area contributed by atoms with Crippen LogP contribution in [0.1, 0.15) is 93.9 Å². The normalized spacial score (nSPS) is 18.8. The van der Waals surface area contributed by atoms with Gasteiger partial charge in [0.25, 0.3) is 0 Å². The number of carbonyl (C=O) groups is 2. The molecule has 0 bridgehead atoms. The lowest BCUT2D eigenvalue weighted by atomic mass is 9.90. The van der Waals surface area contributed by atoms with E-state index in [1.54, 1.807) is 6.92 Å². The molecule has 2 amide bonds. The SMILES string of the molecule is CC.CCCC(=O)N(CC(C)(C)COCC(C)(C)CN(C(C)=O)C1CCN(C)CC1)C1CCN(C)CC1. The number of rotatable bonds is 12. The van der Waals surface area contributed by atoms with Gasteiger partial charge in [0.1, 0.15) is 0 Å². The van der Waals surface area contributed by atoms with E-state index in [4.69, 9.17) is 4.74 Å². The van der Waals surface area contributed by atoms with Crippen LogP contribution in [0.4, 0.5) is 0 Å². The van der Waals surface area contributed by atoms with Crippen molar-refractivity contribution in [1.29, 1.82) is 0 Å². The number of amides is 2. The number of likely N-dealkylation sites (tertiary alicyclic amines) is 2. The minimum absolute atomic E-state index is 0.128. The second kappa shape index (κ2) is 16.0. The van der Waals surface area contributed by atoms with Gasteiger partial charge in [-0.25, -0.2) is 0 Å². The third kappa shape index (κ3) is 12.0. The van der Waals surface area contributed by atoms with Gasteiger partial charge < -0.3 is 24.3 Å². The zero-order chi connectivity index (χ0) is 28.2. The van der Waals surface area contributed by atoms with E-state index < -0.39 is 0 Å². The highest BCUT2D eigenvalue weighted by Crippen LogP contribution is 2.27. The van der Waals surface area contributed by atoms with Gasteiger partial charge in [-0.1, -0.05) is 48.5 Å². The summed E-state index contributed by atoms with van der Waals surface area (Å²) in [6.07, 6.45) is 5.68. The zero-order valence-corrected chi connectivity index (χ0v) is 26.1. The predicted octanol–water partition coefficient (Wildman–Crippen LogP) is 4.75. The van der Waals surface area contributed by atoms with Crippen LogP contribution in [0.3, 0.4) is 0 Å². The number of carbonyl (C=O) groups excluding carboxylic acids is 2. The first-order valence-corrected chi connectivity index (χ1v) is 14.8. The minimum Gasteiger partial charge on any atom is -0.380 e. The average Bonchev–Trinajstić information content (AvgIpc) is 2.83. The highest BCUT2D eigenvalue weighted by Gasteiger charge is 2.34. The first-order chi connectivity index (χ1) is 17.3. The number of ether oxygens (including phenoxy) is 1. The summed E-state index contributed by atoms with van der Waals surface area (Å²) in [6.45, 7) is 23.4. The molecule has 37 heavy (non-hydrogen) atoms. The van der Waals surface area contributed by atoms with Crippen LogP contribution in [0.25, 0.3) is 0 Å². The first-order valence-electron chi connectivity index (χ1n) is 14.8. The maximum absolute atomic E-state index is 13.0. The Balaban J connectivity index is 0.00000334. The molecule has 0 aromatic heterocycles. The van der Waals surface area contributed by atoms with E-state index in [2.05, 4.69) is 68.3 Å². The molecule has 2 saturated heterocycles. The van der Waals surface area contributed by atoms with E-state index in [1.807, 2.05) is 13.8 Å². The Bertz CT molecular complexity index is 666. The molecule has 218 valence electrons. The van der Waals surface area contributed by atoms with Gasteiger partial charge in [-0.15, -0.1) is 0 Å². The summed E-state index contributed by atoms with van der Waals surface area (Å²) in [5.41, 5.74) is -0.256. The molecule has 0 radical (unpaired) electrons. The molecule has 0 aliphatic carbocycles. The molecule has 2 fully saturated rings. The summed E-state index contributed by atoms with van der Waals surface area (Å²) >= 11 is 0. The molecule has 0 unspecified atom stereocenters. The van der Waals surface area contributed by atoms with Gasteiger partial charge in [0.15, 0.2) is 0 Å². The standard InChI is InChI=1S/C28H54N4O3.C2H6/c1-9-10-26(34)32(25-13-17-30(8)18-14-25)20-28(5,6)22-35-21-27(3,4)19-31(23(2)33)24-11-15-29(7)16-12-24;1-2/h24-25H,9-22H2,1-8H3;1-2H3. The first kappa shape index (κ1) is 33.8. The molecule has 2 aliphatic heterocycles. The highest BCUT2D eigenvalue weighted by atomic mass is 16.5. The Hall–Kier alpha value is -1.18.